The van der Waals surface area contributed by atoms with Crippen molar-refractivity contribution >= 4 is 19.0 Å². The quantitative estimate of drug-likeness (QED) is 0.198. The average Bonchev–Trinajstić information content (AvgIpc) is 2.98. The molecule has 1 heterocycles. The maximum atomic E-state index is 13.7. The van der Waals surface area contributed by atoms with Crippen LogP contribution in [-0.4, -0.2) is 5.78 Å². The zero-order chi connectivity index (χ0) is 28.5. The molecule has 5 aromatic rings. The van der Waals surface area contributed by atoms with Crippen molar-refractivity contribution in [3.63, 3.8) is 0 Å². The summed E-state index contributed by atoms with van der Waals surface area (Å²) in [6.07, 6.45) is 1.18. The maximum absolute atomic E-state index is 13.7. The van der Waals surface area contributed by atoms with Gasteiger partial charge in [-0.25, -0.2) is 0 Å². The lowest BCUT2D eigenvalue weighted by atomic mass is 9.94. The van der Waals surface area contributed by atoms with E-state index in [4.69, 9.17) is 0 Å². The summed E-state index contributed by atoms with van der Waals surface area (Å²) in [4.78, 5) is 13.7. The van der Waals surface area contributed by atoms with Gasteiger partial charge in [0, 0.05) is 24.2 Å². The van der Waals surface area contributed by atoms with Gasteiger partial charge in [-0.15, -0.1) is 0 Å². The topological polar surface area (TPSA) is 17.1 Å². The number of hydrogen-bond donors (Lipinski definition) is 0. The molecule has 0 aromatic heterocycles. The third-order valence-corrected chi connectivity index (χ3v) is 12.0. The summed E-state index contributed by atoms with van der Waals surface area (Å²) in [7, 11) is -0.840. The molecule has 0 N–H and O–H groups in total. The second-order valence-corrected chi connectivity index (χ2v) is 13.9. The average molecular weight is 553 g/mol. The number of aryl methyl sites for hydroxylation is 4. The highest BCUT2D eigenvalue weighted by molar-refractivity contribution is 7.67. The van der Waals surface area contributed by atoms with Gasteiger partial charge in [-0.05, 0) is 88.6 Å². The van der Waals surface area contributed by atoms with Gasteiger partial charge in [-0.3, -0.25) is 4.79 Å². The molecule has 1 fully saturated rings. The van der Waals surface area contributed by atoms with Crippen LogP contribution in [0.1, 0.15) is 57.5 Å². The number of Topliss-reactive ketones (excluding diaryl/α,β-unsaturated/α-hetero) is 1. The Morgan fingerprint density at radius 2 is 0.829 bits per heavy atom. The van der Waals surface area contributed by atoms with Crippen molar-refractivity contribution in [2.45, 2.75) is 51.9 Å². The summed E-state index contributed by atoms with van der Waals surface area (Å²) in [5, 5.41) is 1.43. The minimum absolute atomic E-state index is 0.144. The van der Waals surface area contributed by atoms with Gasteiger partial charge in [0.15, 0.2) is 0 Å². The molecule has 41 heavy (non-hydrogen) atoms. The molecule has 0 bridgehead atoms. The van der Waals surface area contributed by atoms with Gasteiger partial charge in [0.1, 0.15) is 5.78 Å². The van der Waals surface area contributed by atoms with E-state index >= 15 is 0 Å². The number of rotatable bonds is 5. The van der Waals surface area contributed by atoms with E-state index in [1.54, 1.807) is 0 Å². The summed E-state index contributed by atoms with van der Waals surface area (Å²) < 4.78 is 0. The van der Waals surface area contributed by atoms with E-state index < -0.39 is 7.92 Å². The second-order valence-electron chi connectivity index (χ2n) is 11.4. The zero-order valence-corrected chi connectivity index (χ0v) is 25.3. The smallest absolute Gasteiger partial charge is 0.134 e. The molecule has 0 amide bonds. The Balaban J connectivity index is 1.72. The molecule has 0 aliphatic carbocycles. The van der Waals surface area contributed by atoms with E-state index in [9.17, 15) is 4.79 Å². The molecule has 2 unspecified atom stereocenters. The largest absolute Gasteiger partial charge is 0.300 e. The molecule has 2 atom stereocenters. The number of carbonyl (C=O) groups excluding carboxylic acids is 1. The monoisotopic (exact) mass is 552 g/mol. The van der Waals surface area contributed by atoms with Gasteiger partial charge in [0.25, 0.3) is 0 Å². The summed E-state index contributed by atoms with van der Waals surface area (Å²) in [5.74, 6) is 0.371. The lowest BCUT2D eigenvalue weighted by molar-refractivity contribution is -0.119. The van der Waals surface area contributed by atoms with Crippen LogP contribution in [0.2, 0.25) is 0 Å². The molecule has 1 nitrogen and oxygen atoms in total. The fourth-order valence-electron chi connectivity index (χ4n) is 6.69. The Hall–Kier alpha value is -3.80. The molecule has 6 rings (SSSR count). The second kappa shape index (κ2) is 11.6. The first-order valence-corrected chi connectivity index (χ1v) is 16.1. The first-order valence-electron chi connectivity index (χ1n) is 14.6. The van der Waals surface area contributed by atoms with Crippen molar-refractivity contribution in [2.75, 3.05) is 0 Å². The van der Waals surface area contributed by atoms with E-state index in [1.807, 2.05) is 0 Å². The first kappa shape index (κ1) is 27.4. The molecule has 204 valence electrons. The maximum Gasteiger partial charge on any atom is 0.134 e. The zero-order valence-electron chi connectivity index (χ0n) is 24.4. The lowest BCUT2D eigenvalue weighted by Gasteiger charge is -2.42. The first-order chi connectivity index (χ1) is 19.9. The van der Waals surface area contributed by atoms with Crippen LogP contribution in [0.25, 0.3) is 22.3 Å². The van der Waals surface area contributed by atoms with Crippen LogP contribution < -0.4 is 5.30 Å². The van der Waals surface area contributed by atoms with Gasteiger partial charge in [0.2, 0.25) is 0 Å². The summed E-state index contributed by atoms with van der Waals surface area (Å²) in [6.45, 7) is 8.85. The van der Waals surface area contributed by atoms with Gasteiger partial charge in [-0.1, -0.05) is 123 Å². The molecule has 1 saturated heterocycles. The predicted octanol–water partition coefficient (Wildman–Crippen LogP) is 10.2. The fraction of sp³-hybridized carbons (Fsp3) is 0.205. The van der Waals surface area contributed by atoms with Crippen molar-refractivity contribution in [1.82, 2.24) is 0 Å². The number of hydrogen-bond acceptors (Lipinski definition) is 1. The van der Waals surface area contributed by atoms with Crippen LogP contribution in [0.3, 0.4) is 0 Å². The Morgan fingerprint density at radius 3 is 1.24 bits per heavy atom. The Kier molecular flexibility index (Phi) is 7.74. The van der Waals surface area contributed by atoms with E-state index in [2.05, 4.69) is 143 Å². The predicted molar refractivity (Wildman–Crippen MR) is 175 cm³/mol. The highest BCUT2D eigenvalue weighted by atomic mass is 31.1. The van der Waals surface area contributed by atoms with Crippen molar-refractivity contribution in [3.05, 3.63) is 149 Å². The van der Waals surface area contributed by atoms with Crippen molar-refractivity contribution in [1.29, 1.82) is 0 Å². The van der Waals surface area contributed by atoms with Crippen LogP contribution >= 0.6 is 7.92 Å². The SMILES string of the molecule is Cc1ccccc1-c1cccc(-c2ccccc2C)c1P1C(c2ccccc2C)CC(=O)CC1c1ccccc1C. The van der Waals surface area contributed by atoms with E-state index in [-0.39, 0.29) is 11.3 Å². The summed E-state index contributed by atoms with van der Waals surface area (Å²) in [6, 6.07) is 41.9. The molecule has 1 aliphatic heterocycles. The standard InChI is InChI=1S/C39H37OP/c1-26-14-5-9-18-31(26)35-22-13-23-36(32-19-10-6-15-27(32)2)39(35)41-37(33-20-11-7-16-28(33)3)24-30(40)25-38(41)34-21-12-8-17-29(34)4/h5-23,37-38H,24-25H2,1-4H3. The van der Waals surface area contributed by atoms with Crippen LogP contribution in [0.4, 0.5) is 0 Å². The third kappa shape index (κ3) is 5.20. The summed E-state index contributed by atoms with van der Waals surface area (Å²) >= 11 is 0. The van der Waals surface area contributed by atoms with Crippen molar-refractivity contribution < 1.29 is 4.79 Å². The van der Waals surface area contributed by atoms with E-state index in [1.165, 1.54) is 60.9 Å². The van der Waals surface area contributed by atoms with Crippen molar-refractivity contribution in [2.24, 2.45) is 0 Å². The van der Waals surface area contributed by atoms with E-state index in [0.717, 1.165) is 0 Å². The minimum Gasteiger partial charge on any atom is -0.300 e. The van der Waals surface area contributed by atoms with Crippen LogP contribution in [0.5, 0.6) is 0 Å². The molecule has 0 spiro atoms. The summed E-state index contributed by atoms with van der Waals surface area (Å²) in [5.41, 5.74) is 13.2. The van der Waals surface area contributed by atoms with Gasteiger partial charge in [0.05, 0.1) is 0 Å². The van der Waals surface area contributed by atoms with E-state index in [0.29, 0.717) is 18.6 Å². The van der Waals surface area contributed by atoms with Gasteiger partial charge < -0.3 is 0 Å². The molecule has 2 heteroatoms. The number of carbonyl (C=O) groups is 1. The van der Waals surface area contributed by atoms with Crippen LogP contribution in [-0.2, 0) is 4.79 Å². The molecular formula is C39H37OP. The number of benzene rings is 5. The highest BCUT2D eigenvalue weighted by Crippen LogP contribution is 2.68. The molecule has 5 aromatic carbocycles. The van der Waals surface area contributed by atoms with Gasteiger partial charge >= 0.3 is 0 Å². The Labute approximate surface area is 246 Å². The van der Waals surface area contributed by atoms with Crippen LogP contribution in [0, 0.1) is 27.7 Å². The molecule has 0 saturated carbocycles. The Bertz CT molecular complexity index is 1610. The number of ketones is 1. The van der Waals surface area contributed by atoms with Gasteiger partial charge in [-0.2, -0.15) is 0 Å². The lowest BCUT2D eigenvalue weighted by Crippen LogP contribution is -2.26. The minimum atomic E-state index is -0.840. The van der Waals surface area contributed by atoms with Crippen molar-refractivity contribution in [3.8, 4) is 22.3 Å². The Morgan fingerprint density at radius 1 is 0.463 bits per heavy atom. The fourth-order valence-corrected chi connectivity index (χ4v) is 10.7. The highest BCUT2D eigenvalue weighted by Gasteiger charge is 2.42. The molecule has 0 radical (unpaired) electrons. The molecular weight excluding hydrogens is 515 g/mol. The molecule has 1 aliphatic rings. The van der Waals surface area contributed by atoms with Crippen LogP contribution in [0.15, 0.2) is 115 Å². The normalized spacial score (nSPS) is 18.8. The third-order valence-electron chi connectivity index (χ3n) is 8.77.